The first kappa shape index (κ1) is 21.6. The Morgan fingerprint density at radius 2 is 1.97 bits per heavy atom. The summed E-state index contributed by atoms with van der Waals surface area (Å²) in [6, 6.07) is 3.04. The fraction of sp³-hybridized carbons (Fsp3) is 0.667. The number of carbonyl (C=O) groups is 2. The number of morpholine rings is 1. The van der Waals surface area contributed by atoms with Gasteiger partial charge in [0.1, 0.15) is 18.2 Å². The highest BCUT2D eigenvalue weighted by atomic mass is 19.1. The lowest BCUT2D eigenvalue weighted by molar-refractivity contribution is -0.156. The Kier molecular flexibility index (Phi) is 5.84. The molecule has 1 aromatic carbocycles. The minimum Gasteiger partial charge on any atom is -0.483 e. The van der Waals surface area contributed by atoms with Crippen LogP contribution in [0.5, 0.6) is 5.75 Å². The molecule has 32 heavy (non-hydrogen) atoms. The number of benzene rings is 1. The Balaban J connectivity index is 1.48. The van der Waals surface area contributed by atoms with Crippen LogP contribution in [0.3, 0.4) is 0 Å². The van der Waals surface area contributed by atoms with E-state index in [9.17, 15) is 14.0 Å². The largest absolute Gasteiger partial charge is 0.483 e. The molecule has 0 unspecified atom stereocenters. The third kappa shape index (κ3) is 3.99. The van der Waals surface area contributed by atoms with Gasteiger partial charge in [0.25, 0.3) is 5.91 Å². The number of hydrogen-bond donors (Lipinski definition) is 1. The molecule has 5 aliphatic rings. The van der Waals surface area contributed by atoms with E-state index >= 15 is 0 Å². The summed E-state index contributed by atoms with van der Waals surface area (Å²) in [5.74, 6) is -0.0797. The number of nitrogens with one attached hydrogen (secondary N) is 1. The number of hydrogen-bond acceptors (Lipinski definition) is 5. The highest BCUT2D eigenvalue weighted by Crippen LogP contribution is 2.41. The van der Waals surface area contributed by atoms with Crippen LogP contribution in [-0.4, -0.2) is 67.4 Å². The predicted octanol–water partition coefficient (Wildman–Crippen LogP) is 2.45. The van der Waals surface area contributed by atoms with E-state index in [1.165, 1.54) is 0 Å². The van der Waals surface area contributed by atoms with Gasteiger partial charge in [-0.15, -0.1) is 0 Å². The summed E-state index contributed by atoms with van der Waals surface area (Å²) in [6.45, 7) is 2.96. The Morgan fingerprint density at radius 1 is 1.16 bits per heavy atom. The summed E-state index contributed by atoms with van der Waals surface area (Å²) in [5, 5.41) is 3.12. The van der Waals surface area contributed by atoms with E-state index in [4.69, 9.17) is 14.2 Å². The van der Waals surface area contributed by atoms with E-state index in [1.807, 2.05) is 13.0 Å². The van der Waals surface area contributed by atoms with Gasteiger partial charge < -0.3 is 24.4 Å². The summed E-state index contributed by atoms with van der Waals surface area (Å²) in [6.07, 6.45) is 4.82. The van der Waals surface area contributed by atoms with Crippen molar-refractivity contribution in [2.24, 2.45) is 0 Å². The normalized spacial score (nSPS) is 33.3. The topological polar surface area (TPSA) is 77.1 Å². The maximum Gasteiger partial charge on any atom is 0.260 e. The molecular weight excluding hydrogens is 415 g/mol. The van der Waals surface area contributed by atoms with E-state index in [1.54, 1.807) is 11.0 Å². The molecule has 2 atom stereocenters. The molecule has 1 aliphatic carbocycles. The molecule has 0 aromatic heterocycles. The molecular formula is C24H31FN2O5. The van der Waals surface area contributed by atoms with Gasteiger partial charge >= 0.3 is 0 Å². The molecule has 4 heterocycles. The van der Waals surface area contributed by atoms with Gasteiger partial charge in [0.05, 0.1) is 30.9 Å². The van der Waals surface area contributed by atoms with Crippen molar-refractivity contribution in [1.82, 2.24) is 10.2 Å². The number of fused-ring (bicyclic) bond motifs is 5. The van der Waals surface area contributed by atoms with Crippen molar-refractivity contribution >= 4 is 11.8 Å². The Hall–Kier alpha value is -2.19. The molecule has 8 heteroatoms. The van der Waals surface area contributed by atoms with Gasteiger partial charge in [-0.1, -0.05) is 0 Å². The van der Waals surface area contributed by atoms with Crippen LogP contribution in [0.1, 0.15) is 55.6 Å². The molecule has 2 bridgehead atoms. The van der Waals surface area contributed by atoms with Crippen LogP contribution in [-0.2, 0) is 19.1 Å². The Labute approximate surface area is 187 Å². The summed E-state index contributed by atoms with van der Waals surface area (Å²) in [7, 11) is 0. The monoisotopic (exact) mass is 446 g/mol. The average Bonchev–Trinajstić information content (AvgIpc) is 2.77. The molecule has 4 aliphatic heterocycles. The molecule has 1 aromatic rings. The lowest BCUT2D eigenvalue weighted by Crippen LogP contribution is -2.72. The lowest BCUT2D eigenvalue weighted by Gasteiger charge is -2.51. The number of carbonyl (C=O) groups excluding carboxylic acids is 2. The third-order valence-electron chi connectivity index (χ3n) is 7.50. The predicted molar refractivity (Wildman–Crippen MR) is 114 cm³/mol. The fourth-order valence-electron chi connectivity index (χ4n) is 5.93. The number of piperidine rings is 1. The van der Waals surface area contributed by atoms with Crippen molar-refractivity contribution in [3.8, 4) is 5.75 Å². The van der Waals surface area contributed by atoms with Crippen LogP contribution >= 0.6 is 0 Å². The minimum absolute atomic E-state index is 0.0398. The highest BCUT2D eigenvalue weighted by Gasteiger charge is 2.50. The van der Waals surface area contributed by atoms with Crippen molar-refractivity contribution in [3.05, 3.63) is 29.1 Å². The average molecular weight is 447 g/mol. The second kappa shape index (κ2) is 8.63. The van der Waals surface area contributed by atoms with Gasteiger partial charge in [-0.2, -0.15) is 0 Å². The van der Waals surface area contributed by atoms with Crippen LogP contribution < -0.4 is 10.1 Å². The molecule has 1 spiro atoms. The van der Waals surface area contributed by atoms with Gasteiger partial charge in [-0.05, 0) is 69.1 Å². The third-order valence-corrected chi connectivity index (χ3v) is 7.50. The number of halogens is 1. The van der Waals surface area contributed by atoms with E-state index < -0.39 is 5.54 Å². The summed E-state index contributed by atoms with van der Waals surface area (Å²) >= 11 is 0. The maximum atomic E-state index is 15.0. The second-order valence-electron chi connectivity index (χ2n) is 9.66. The quantitative estimate of drug-likeness (QED) is 0.663. The van der Waals surface area contributed by atoms with Gasteiger partial charge in [-0.25, -0.2) is 4.39 Å². The van der Waals surface area contributed by atoms with Gasteiger partial charge in [0.15, 0.2) is 6.61 Å². The molecule has 1 N–H and O–H groups in total. The molecule has 0 radical (unpaired) electrons. The van der Waals surface area contributed by atoms with Crippen LogP contribution in [0.4, 0.5) is 4.39 Å². The highest BCUT2D eigenvalue weighted by molar-refractivity contribution is 5.81. The van der Waals surface area contributed by atoms with Crippen molar-refractivity contribution in [1.29, 1.82) is 0 Å². The number of aryl methyl sites for hydroxylation is 1. The van der Waals surface area contributed by atoms with Crippen molar-refractivity contribution in [2.75, 3.05) is 33.0 Å². The van der Waals surface area contributed by atoms with E-state index in [-0.39, 0.29) is 48.9 Å². The smallest absolute Gasteiger partial charge is 0.260 e. The Bertz CT molecular complexity index is 897. The number of rotatable bonds is 0. The first-order valence-corrected chi connectivity index (χ1v) is 11.7. The SMILES string of the molecule is Cc1cc(F)c2c(c1)OCC(=O)N1CCC[C@]3(COCC(=O)N3)[C@H]1COC1CCC2CC1. The van der Waals surface area contributed by atoms with Crippen LogP contribution in [0.15, 0.2) is 12.1 Å². The standard InChI is InChI=1S/C24H31FN2O5/c1-15-9-18(25)23-16-3-5-17(6-4-16)31-11-20-24(14-30-12-21(28)26-24)7-2-8-27(20)22(29)13-32-19(23)10-15/h9-10,16-17,20H,2-8,11-14H2,1H3,(H,26,28)/t16?,17?,20-,24+/m1/s1. The number of amides is 2. The lowest BCUT2D eigenvalue weighted by atomic mass is 9.80. The maximum absolute atomic E-state index is 15.0. The first-order chi connectivity index (χ1) is 15.4. The zero-order chi connectivity index (χ0) is 22.3. The van der Waals surface area contributed by atoms with E-state index in [2.05, 4.69) is 5.32 Å². The van der Waals surface area contributed by atoms with Crippen molar-refractivity contribution in [2.45, 2.75) is 69.1 Å². The zero-order valence-electron chi connectivity index (χ0n) is 18.5. The molecule has 3 fully saturated rings. The van der Waals surface area contributed by atoms with Crippen LogP contribution in [0.25, 0.3) is 0 Å². The van der Waals surface area contributed by atoms with Gasteiger partial charge in [0, 0.05) is 12.1 Å². The molecule has 1 saturated carbocycles. The summed E-state index contributed by atoms with van der Waals surface area (Å²) in [4.78, 5) is 27.3. The first-order valence-electron chi connectivity index (χ1n) is 11.7. The molecule has 6 rings (SSSR count). The zero-order valence-corrected chi connectivity index (χ0v) is 18.5. The van der Waals surface area contributed by atoms with Crippen molar-refractivity contribution in [3.63, 3.8) is 0 Å². The molecule has 174 valence electrons. The molecule has 2 saturated heterocycles. The number of nitrogens with zero attached hydrogens (tertiary/aromatic N) is 1. The Morgan fingerprint density at radius 3 is 2.75 bits per heavy atom. The fourth-order valence-corrected chi connectivity index (χ4v) is 5.93. The van der Waals surface area contributed by atoms with E-state index in [0.29, 0.717) is 31.1 Å². The van der Waals surface area contributed by atoms with E-state index in [0.717, 1.165) is 44.1 Å². The summed E-state index contributed by atoms with van der Waals surface area (Å²) < 4.78 is 32.9. The summed E-state index contributed by atoms with van der Waals surface area (Å²) in [5.41, 5.74) is 0.703. The van der Waals surface area contributed by atoms with Gasteiger partial charge in [-0.3, -0.25) is 9.59 Å². The van der Waals surface area contributed by atoms with Crippen LogP contribution in [0.2, 0.25) is 0 Å². The van der Waals surface area contributed by atoms with Crippen LogP contribution in [0, 0.1) is 12.7 Å². The number of ether oxygens (including phenoxy) is 3. The molecule has 2 amide bonds. The van der Waals surface area contributed by atoms with Crippen molar-refractivity contribution < 1.29 is 28.2 Å². The second-order valence-corrected chi connectivity index (χ2v) is 9.66. The molecule has 7 nitrogen and oxygen atoms in total. The minimum atomic E-state index is -0.652. The van der Waals surface area contributed by atoms with Gasteiger partial charge in [0.2, 0.25) is 5.91 Å².